The van der Waals surface area contributed by atoms with Crippen LogP contribution < -0.4 is 4.90 Å². The Hall–Kier alpha value is -1.55. The molecular weight excluding hydrogens is 278 g/mol. The molecule has 1 aromatic rings. The highest BCUT2D eigenvalue weighted by Gasteiger charge is 2.46. The van der Waals surface area contributed by atoms with Crippen molar-refractivity contribution in [3.63, 3.8) is 0 Å². The van der Waals surface area contributed by atoms with Gasteiger partial charge in [0.1, 0.15) is 0 Å². The minimum atomic E-state index is -1.66. The molecule has 1 unspecified atom stereocenters. The van der Waals surface area contributed by atoms with Gasteiger partial charge in [-0.2, -0.15) is 0 Å². The maximum Gasteiger partial charge on any atom is 0.336 e. The van der Waals surface area contributed by atoms with Crippen molar-refractivity contribution in [1.29, 1.82) is 0 Å². The van der Waals surface area contributed by atoms with Gasteiger partial charge in [0.25, 0.3) is 5.91 Å². The molecule has 0 saturated heterocycles. The number of amides is 1. The van der Waals surface area contributed by atoms with E-state index in [4.69, 9.17) is 16.3 Å². The number of ether oxygens (including phenoxy) is 1. The van der Waals surface area contributed by atoms with Crippen LogP contribution in [0.15, 0.2) is 30.3 Å². The fourth-order valence-corrected chi connectivity index (χ4v) is 2.25. The number of hydrogen-bond donors (Lipinski definition) is 0. The van der Waals surface area contributed by atoms with Gasteiger partial charge in [0.2, 0.25) is 4.87 Å². The lowest BCUT2D eigenvalue weighted by atomic mass is 9.99. The molecule has 1 atom stereocenters. The maximum atomic E-state index is 12.6. The zero-order valence-electron chi connectivity index (χ0n) is 12.1. The number of methoxy groups -OCH3 is 1. The molecule has 0 saturated carbocycles. The number of anilines is 1. The van der Waals surface area contributed by atoms with Crippen LogP contribution in [0.4, 0.5) is 5.69 Å². The number of rotatable bonds is 6. The lowest BCUT2D eigenvalue weighted by Gasteiger charge is -2.28. The third-order valence-corrected chi connectivity index (χ3v) is 3.68. The summed E-state index contributed by atoms with van der Waals surface area (Å²) in [6.45, 7) is 1.97. The van der Waals surface area contributed by atoms with E-state index < -0.39 is 16.8 Å². The average molecular weight is 298 g/mol. The van der Waals surface area contributed by atoms with Gasteiger partial charge in [-0.25, -0.2) is 4.79 Å². The van der Waals surface area contributed by atoms with E-state index in [0.717, 1.165) is 6.42 Å². The molecule has 0 N–H and O–H groups in total. The zero-order chi connectivity index (χ0) is 15.2. The van der Waals surface area contributed by atoms with Crippen molar-refractivity contribution in [2.45, 2.75) is 31.1 Å². The standard InChI is InChI=1S/C15H20ClNO3/c1-4-5-11-15(16,14(19)20-3)13(18)17(2)12-9-7-6-8-10-12/h6-10H,4-5,11H2,1-3H3. The van der Waals surface area contributed by atoms with Crippen LogP contribution in [0.5, 0.6) is 0 Å². The Labute approximate surface area is 124 Å². The number of esters is 1. The second kappa shape index (κ2) is 7.29. The minimum Gasteiger partial charge on any atom is -0.467 e. The highest BCUT2D eigenvalue weighted by molar-refractivity contribution is 6.47. The lowest BCUT2D eigenvalue weighted by molar-refractivity contribution is -0.147. The van der Waals surface area contributed by atoms with Gasteiger partial charge in [0, 0.05) is 12.7 Å². The summed E-state index contributed by atoms with van der Waals surface area (Å²) in [4.78, 5) is 24.2. The summed E-state index contributed by atoms with van der Waals surface area (Å²) in [5.41, 5.74) is 0.683. The van der Waals surface area contributed by atoms with Crippen molar-refractivity contribution in [2.24, 2.45) is 0 Å². The van der Waals surface area contributed by atoms with Gasteiger partial charge in [0.15, 0.2) is 0 Å². The van der Waals surface area contributed by atoms with Gasteiger partial charge < -0.3 is 9.64 Å². The van der Waals surface area contributed by atoms with Crippen molar-refractivity contribution in [2.75, 3.05) is 19.1 Å². The smallest absolute Gasteiger partial charge is 0.336 e. The second-order valence-corrected chi connectivity index (χ2v) is 5.24. The van der Waals surface area contributed by atoms with E-state index in [-0.39, 0.29) is 6.42 Å². The van der Waals surface area contributed by atoms with Crippen molar-refractivity contribution in [3.8, 4) is 0 Å². The molecule has 0 aromatic heterocycles. The van der Waals surface area contributed by atoms with E-state index in [9.17, 15) is 9.59 Å². The number of para-hydroxylation sites is 1. The maximum absolute atomic E-state index is 12.6. The highest BCUT2D eigenvalue weighted by atomic mass is 35.5. The monoisotopic (exact) mass is 297 g/mol. The molecule has 1 amide bonds. The number of halogens is 1. The Morgan fingerprint density at radius 3 is 2.40 bits per heavy atom. The quantitative estimate of drug-likeness (QED) is 0.461. The lowest BCUT2D eigenvalue weighted by Crippen LogP contribution is -2.50. The van der Waals surface area contributed by atoms with Crippen LogP contribution in [0.3, 0.4) is 0 Å². The molecule has 0 aliphatic heterocycles. The number of hydrogen-bond acceptors (Lipinski definition) is 3. The molecule has 1 aromatic carbocycles. The number of carbonyl (C=O) groups excluding carboxylic acids is 2. The van der Waals surface area contributed by atoms with Crippen molar-refractivity contribution in [1.82, 2.24) is 0 Å². The summed E-state index contributed by atoms with van der Waals surface area (Å²) in [6, 6.07) is 9.06. The zero-order valence-corrected chi connectivity index (χ0v) is 12.8. The Balaban J connectivity index is 3.01. The van der Waals surface area contributed by atoms with E-state index in [2.05, 4.69) is 0 Å². The predicted molar refractivity (Wildman–Crippen MR) is 80.0 cm³/mol. The van der Waals surface area contributed by atoms with Gasteiger partial charge >= 0.3 is 5.97 Å². The minimum absolute atomic E-state index is 0.258. The Kier molecular flexibility index (Phi) is 6.02. The summed E-state index contributed by atoms with van der Waals surface area (Å²) in [7, 11) is 2.84. The Bertz CT molecular complexity index is 463. The molecule has 5 heteroatoms. The van der Waals surface area contributed by atoms with Crippen LogP contribution in [-0.4, -0.2) is 30.9 Å². The summed E-state index contributed by atoms with van der Waals surface area (Å²) in [5.74, 6) is -1.17. The van der Waals surface area contributed by atoms with E-state index >= 15 is 0 Å². The van der Waals surface area contributed by atoms with E-state index in [0.29, 0.717) is 12.1 Å². The summed E-state index contributed by atoms with van der Waals surface area (Å²) < 4.78 is 4.70. The van der Waals surface area contributed by atoms with Gasteiger partial charge in [-0.15, -0.1) is 0 Å². The number of unbranched alkanes of at least 4 members (excludes halogenated alkanes) is 1. The fourth-order valence-electron chi connectivity index (χ4n) is 1.91. The van der Waals surface area contributed by atoms with Crippen LogP contribution in [-0.2, 0) is 14.3 Å². The largest absolute Gasteiger partial charge is 0.467 e. The molecule has 0 aliphatic rings. The molecular formula is C15H20ClNO3. The summed E-state index contributed by atoms with van der Waals surface area (Å²) >= 11 is 6.30. The van der Waals surface area contributed by atoms with Gasteiger partial charge in [-0.05, 0) is 18.6 Å². The SMILES string of the molecule is CCCCC(Cl)(C(=O)OC)C(=O)N(C)c1ccccc1. The van der Waals surface area contributed by atoms with Crippen LogP contribution in [0.1, 0.15) is 26.2 Å². The fraction of sp³-hybridized carbons (Fsp3) is 0.467. The normalized spacial score (nSPS) is 13.4. The van der Waals surface area contributed by atoms with Gasteiger partial charge in [0.05, 0.1) is 7.11 Å². The highest BCUT2D eigenvalue weighted by Crippen LogP contribution is 2.29. The van der Waals surface area contributed by atoms with E-state index in [1.165, 1.54) is 12.0 Å². The molecule has 0 bridgehead atoms. The second-order valence-electron chi connectivity index (χ2n) is 4.60. The van der Waals surface area contributed by atoms with Crippen molar-refractivity contribution in [3.05, 3.63) is 30.3 Å². The number of nitrogens with zero attached hydrogens (tertiary/aromatic N) is 1. The van der Waals surface area contributed by atoms with E-state index in [1.807, 2.05) is 25.1 Å². The van der Waals surface area contributed by atoms with Gasteiger partial charge in [-0.3, -0.25) is 4.79 Å². The molecule has 0 heterocycles. The molecule has 0 radical (unpaired) electrons. The topological polar surface area (TPSA) is 46.6 Å². The molecule has 1 rings (SSSR count). The first-order valence-corrected chi connectivity index (χ1v) is 6.95. The van der Waals surface area contributed by atoms with Gasteiger partial charge in [-0.1, -0.05) is 49.6 Å². The first kappa shape index (κ1) is 16.5. The summed E-state index contributed by atoms with van der Waals surface area (Å²) in [6.07, 6.45) is 1.77. The van der Waals surface area contributed by atoms with Crippen molar-refractivity contribution < 1.29 is 14.3 Å². The van der Waals surface area contributed by atoms with E-state index in [1.54, 1.807) is 19.2 Å². The molecule has 110 valence electrons. The first-order chi connectivity index (χ1) is 9.47. The average Bonchev–Trinajstić information content (AvgIpc) is 2.51. The molecule has 0 fully saturated rings. The predicted octanol–water partition coefficient (Wildman–Crippen LogP) is 2.99. The number of benzene rings is 1. The molecule has 0 aliphatic carbocycles. The van der Waals surface area contributed by atoms with Crippen LogP contribution >= 0.6 is 11.6 Å². The van der Waals surface area contributed by atoms with Crippen LogP contribution in [0.2, 0.25) is 0 Å². The third kappa shape index (κ3) is 3.51. The molecule has 4 nitrogen and oxygen atoms in total. The molecule has 0 spiro atoms. The van der Waals surface area contributed by atoms with Crippen LogP contribution in [0.25, 0.3) is 0 Å². The Morgan fingerprint density at radius 2 is 1.90 bits per heavy atom. The van der Waals surface area contributed by atoms with Crippen LogP contribution in [0, 0.1) is 0 Å². The van der Waals surface area contributed by atoms with Crippen molar-refractivity contribution >= 4 is 29.2 Å². The number of alkyl halides is 1. The third-order valence-electron chi connectivity index (χ3n) is 3.17. The number of carbonyl (C=O) groups is 2. The summed E-state index contributed by atoms with van der Waals surface area (Å²) in [5, 5.41) is 0. The first-order valence-electron chi connectivity index (χ1n) is 6.58. The molecule has 20 heavy (non-hydrogen) atoms. The Morgan fingerprint density at radius 1 is 1.30 bits per heavy atom.